The monoisotopic (exact) mass is 327 g/mol. The van der Waals surface area contributed by atoms with Crippen molar-refractivity contribution in [1.29, 1.82) is 0 Å². The van der Waals surface area contributed by atoms with Gasteiger partial charge in [0.25, 0.3) is 0 Å². The summed E-state index contributed by atoms with van der Waals surface area (Å²) in [4.78, 5) is 0. The van der Waals surface area contributed by atoms with Crippen LogP contribution < -0.4 is 10.1 Å². The van der Waals surface area contributed by atoms with Crippen LogP contribution in [0.25, 0.3) is 0 Å². The molecule has 5 rings (SSSR count). The summed E-state index contributed by atoms with van der Waals surface area (Å²) in [6.07, 6.45) is 10.1. The Labute approximate surface area is 147 Å². The third-order valence-corrected chi connectivity index (χ3v) is 6.99. The van der Waals surface area contributed by atoms with Crippen molar-refractivity contribution in [2.24, 2.45) is 23.2 Å². The fourth-order valence-corrected chi connectivity index (χ4v) is 6.16. The van der Waals surface area contributed by atoms with Crippen LogP contribution in [0.4, 0.5) is 0 Å². The van der Waals surface area contributed by atoms with E-state index in [9.17, 15) is 0 Å². The Balaban J connectivity index is 1.37. The molecule has 0 heterocycles. The van der Waals surface area contributed by atoms with Gasteiger partial charge in [0.1, 0.15) is 5.75 Å². The van der Waals surface area contributed by atoms with Gasteiger partial charge in [-0.05, 0) is 92.7 Å². The zero-order chi connectivity index (χ0) is 16.6. The maximum absolute atomic E-state index is 5.78. The fourth-order valence-electron chi connectivity index (χ4n) is 6.16. The lowest BCUT2D eigenvalue weighted by Gasteiger charge is -2.59. The minimum atomic E-state index is 0.588. The molecule has 1 atom stereocenters. The predicted molar refractivity (Wildman–Crippen MR) is 99.1 cm³/mol. The SMILES string of the molecule is CCCOc1cccc(CNC(C)C23CC4CC(CC(C4)C2)C3)c1. The largest absolute Gasteiger partial charge is 0.494 e. The zero-order valence-electron chi connectivity index (χ0n) is 15.4. The van der Waals surface area contributed by atoms with Gasteiger partial charge in [0.15, 0.2) is 0 Å². The molecule has 4 aliphatic carbocycles. The second kappa shape index (κ2) is 6.71. The van der Waals surface area contributed by atoms with Crippen LogP contribution >= 0.6 is 0 Å². The highest BCUT2D eigenvalue weighted by Gasteiger charge is 2.52. The molecule has 0 amide bonds. The summed E-state index contributed by atoms with van der Waals surface area (Å²) in [5.74, 6) is 4.11. The fraction of sp³-hybridized carbons (Fsp3) is 0.727. The van der Waals surface area contributed by atoms with Crippen molar-refractivity contribution in [2.45, 2.75) is 71.4 Å². The third kappa shape index (κ3) is 3.22. The van der Waals surface area contributed by atoms with Crippen LogP contribution in [0.15, 0.2) is 24.3 Å². The summed E-state index contributed by atoms with van der Waals surface area (Å²) in [6, 6.07) is 9.25. The van der Waals surface area contributed by atoms with Crippen molar-refractivity contribution < 1.29 is 4.74 Å². The lowest BCUT2D eigenvalue weighted by Crippen LogP contribution is -2.54. The summed E-state index contributed by atoms with van der Waals surface area (Å²) in [5, 5.41) is 3.88. The Morgan fingerprint density at radius 2 is 1.79 bits per heavy atom. The molecule has 0 saturated heterocycles. The molecule has 4 bridgehead atoms. The number of benzene rings is 1. The molecule has 0 aliphatic heterocycles. The first-order valence-electron chi connectivity index (χ1n) is 10.1. The first-order valence-corrected chi connectivity index (χ1v) is 10.1. The Kier molecular flexibility index (Phi) is 4.60. The van der Waals surface area contributed by atoms with Gasteiger partial charge in [-0.2, -0.15) is 0 Å². The highest BCUT2D eigenvalue weighted by atomic mass is 16.5. The number of nitrogens with one attached hydrogen (secondary N) is 1. The summed E-state index contributed by atoms with van der Waals surface area (Å²) in [6.45, 7) is 6.37. The van der Waals surface area contributed by atoms with Crippen molar-refractivity contribution in [3.63, 3.8) is 0 Å². The van der Waals surface area contributed by atoms with E-state index in [0.717, 1.165) is 43.1 Å². The molecule has 1 aromatic carbocycles. The van der Waals surface area contributed by atoms with E-state index in [1.165, 1.54) is 44.1 Å². The normalized spacial score (nSPS) is 35.2. The standard InChI is InChI=1S/C22H33NO/c1-3-7-24-21-6-4-5-17(11-21)15-23-16(2)22-12-18-8-19(13-22)10-20(9-18)14-22/h4-6,11,16,18-20,23H,3,7-10,12-15H2,1-2H3. The molecule has 4 aliphatic rings. The van der Waals surface area contributed by atoms with Gasteiger partial charge in [0.2, 0.25) is 0 Å². The van der Waals surface area contributed by atoms with Crippen LogP contribution in [-0.4, -0.2) is 12.6 Å². The number of hydrogen-bond donors (Lipinski definition) is 1. The van der Waals surface area contributed by atoms with Crippen molar-refractivity contribution >= 4 is 0 Å². The average Bonchev–Trinajstić information content (AvgIpc) is 2.57. The molecule has 2 heteroatoms. The smallest absolute Gasteiger partial charge is 0.119 e. The van der Waals surface area contributed by atoms with Crippen LogP contribution in [0.5, 0.6) is 5.75 Å². The lowest BCUT2D eigenvalue weighted by molar-refractivity contribution is -0.0706. The molecule has 0 aromatic heterocycles. The summed E-state index contributed by atoms with van der Waals surface area (Å²) in [5.41, 5.74) is 1.94. The van der Waals surface area contributed by atoms with E-state index in [1.807, 2.05) is 0 Å². The zero-order valence-corrected chi connectivity index (χ0v) is 15.4. The molecule has 4 saturated carbocycles. The maximum Gasteiger partial charge on any atom is 0.119 e. The van der Waals surface area contributed by atoms with Crippen LogP contribution in [0.3, 0.4) is 0 Å². The van der Waals surface area contributed by atoms with Crippen molar-refractivity contribution in [3.8, 4) is 5.75 Å². The first-order chi connectivity index (χ1) is 11.7. The van der Waals surface area contributed by atoms with Gasteiger partial charge in [-0.3, -0.25) is 0 Å². The Morgan fingerprint density at radius 3 is 2.42 bits per heavy atom. The van der Waals surface area contributed by atoms with Crippen LogP contribution in [0.2, 0.25) is 0 Å². The summed E-state index contributed by atoms with van der Waals surface area (Å²) < 4.78 is 5.78. The molecule has 0 spiro atoms. The van der Waals surface area contributed by atoms with Gasteiger partial charge in [-0.1, -0.05) is 19.1 Å². The van der Waals surface area contributed by atoms with Gasteiger partial charge in [0.05, 0.1) is 6.61 Å². The second-order valence-electron chi connectivity index (χ2n) is 8.88. The Hall–Kier alpha value is -1.02. The van der Waals surface area contributed by atoms with Gasteiger partial charge in [-0.15, -0.1) is 0 Å². The molecule has 132 valence electrons. The molecule has 1 N–H and O–H groups in total. The van der Waals surface area contributed by atoms with Crippen LogP contribution in [-0.2, 0) is 6.54 Å². The number of rotatable bonds is 7. The first kappa shape index (κ1) is 16.4. The molecular weight excluding hydrogens is 294 g/mol. The Morgan fingerprint density at radius 1 is 1.12 bits per heavy atom. The molecule has 1 unspecified atom stereocenters. The summed E-state index contributed by atoms with van der Waals surface area (Å²) in [7, 11) is 0. The topological polar surface area (TPSA) is 21.3 Å². The number of ether oxygens (including phenoxy) is 1. The molecule has 0 radical (unpaired) electrons. The highest BCUT2D eigenvalue weighted by molar-refractivity contribution is 5.28. The van der Waals surface area contributed by atoms with Gasteiger partial charge in [-0.25, -0.2) is 0 Å². The van der Waals surface area contributed by atoms with Crippen LogP contribution in [0, 0.1) is 23.2 Å². The highest BCUT2D eigenvalue weighted by Crippen LogP contribution is 2.61. The van der Waals surface area contributed by atoms with Crippen molar-refractivity contribution in [2.75, 3.05) is 6.61 Å². The van der Waals surface area contributed by atoms with Gasteiger partial charge < -0.3 is 10.1 Å². The minimum Gasteiger partial charge on any atom is -0.494 e. The van der Waals surface area contributed by atoms with E-state index in [-0.39, 0.29) is 0 Å². The predicted octanol–water partition coefficient (Wildman–Crippen LogP) is 5.17. The second-order valence-corrected chi connectivity index (χ2v) is 8.88. The molecule has 1 aromatic rings. The van der Waals surface area contributed by atoms with Crippen molar-refractivity contribution in [1.82, 2.24) is 5.32 Å². The lowest BCUT2D eigenvalue weighted by atomic mass is 9.48. The van der Waals surface area contributed by atoms with Crippen LogP contribution in [0.1, 0.15) is 64.4 Å². The average molecular weight is 328 g/mol. The van der Waals surface area contributed by atoms with E-state index in [2.05, 4.69) is 43.4 Å². The van der Waals surface area contributed by atoms with E-state index in [4.69, 9.17) is 4.74 Å². The Bertz CT molecular complexity index is 532. The van der Waals surface area contributed by atoms with E-state index in [0.29, 0.717) is 11.5 Å². The van der Waals surface area contributed by atoms with E-state index < -0.39 is 0 Å². The minimum absolute atomic E-state index is 0.588. The molecule has 2 nitrogen and oxygen atoms in total. The quantitative estimate of drug-likeness (QED) is 0.746. The maximum atomic E-state index is 5.78. The molecular formula is C22H33NO. The number of hydrogen-bond acceptors (Lipinski definition) is 2. The molecule has 24 heavy (non-hydrogen) atoms. The summed E-state index contributed by atoms with van der Waals surface area (Å²) >= 11 is 0. The van der Waals surface area contributed by atoms with Gasteiger partial charge in [0, 0.05) is 12.6 Å². The van der Waals surface area contributed by atoms with E-state index in [1.54, 1.807) is 0 Å². The third-order valence-electron chi connectivity index (χ3n) is 6.99. The van der Waals surface area contributed by atoms with Crippen molar-refractivity contribution in [3.05, 3.63) is 29.8 Å². The van der Waals surface area contributed by atoms with E-state index >= 15 is 0 Å². The molecule has 4 fully saturated rings. The van der Waals surface area contributed by atoms with Gasteiger partial charge >= 0.3 is 0 Å².